The number of hydrogen-bond acceptors (Lipinski definition) is 3. The Hall–Kier alpha value is -2.17. The second-order valence-electron chi connectivity index (χ2n) is 6.44. The molecule has 1 atom stereocenters. The predicted molar refractivity (Wildman–Crippen MR) is 89.2 cm³/mol. The molecule has 0 spiro atoms. The molecule has 5 heteroatoms. The van der Waals surface area contributed by atoms with Gasteiger partial charge in [0, 0.05) is 18.9 Å². The molecule has 1 aliphatic carbocycles. The number of nitrogens with zero attached hydrogens (tertiary/aromatic N) is 3. The monoisotopic (exact) mass is 312 g/mol. The molecular formula is C18H24N4O. The van der Waals surface area contributed by atoms with Crippen molar-refractivity contribution in [3.8, 4) is 0 Å². The van der Waals surface area contributed by atoms with Gasteiger partial charge in [0.05, 0.1) is 23.0 Å². The summed E-state index contributed by atoms with van der Waals surface area (Å²) >= 11 is 0. The summed E-state index contributed by atoms with van der Waals surface area (Å²) in [6, 6.07) is 4.04. The number of aryl methyl sites for hydroxylation is 3. The predicted octanol–water partition coefficient (Wildman–Crippen LogP) is 3.19. The van der Waals surface area contributed by atoms with Gasteiger partial charge in [-0.2, -0.15) is 5.10 Å². The molecule has 1 fully saturated rings. The maximum Gasteiger partial charge on any atom is 0.255 e. The average Bonchev–Trinajstić information content (AvgIpc) is 3.28. The highest BCUT2D eigenvalue weighted by molar-refractivity contribution is 5.95. The van der Waals surface area contributed by atoms with Gasteiger partial charge >= 0.3 is 0 Å². The molecule has 2 aromatic rings. The summed E-state index contributed by atoms with van der Waals surface area (Å²) < 4.78 is 1.85. The third kappa shape index (κ3) is 3.60. The van der Waals surface area contributed by atoms with Crippen LogP contribution in [0.1, 0.15) is 59.5 Å². The van der Waals surface area contributed by atoms with Crippen LogP contribution in [0.15, 0.2) is 24.5 Å². The average molecular weight is 312 g/mol. The van der Waals surface area contributed by atoms with Crippen molar-refractivity contribution in [1.29, 1.82) is 0 Å². The van der Waals surface area contributed by atoms with Gasteiger partial charge in [0.25, 0.3) is 5.91 Å². The molecule has 0 aliphatic heterocycles. The Bertz CT molecular complexity index is 703. The van der Waals surface area contributed by atoms with E-state index in [0.717, 1.165) is 37.2 Å². The van der Waals surface area contributed by atoms with Gasteiger partial charge in [-0.1, -0.05) is 6.92 Å². The molecule has 5 nitrogen and oxygen atoms in total. The van der Waals surface area contributed by atoms with Gasteiger partial charge < -0.3 is 5.32 Å². The second kappa shape index (κ2) is 6.52. The van der Waals surface area contributed by atoms with Crippen molar-refractivity contribution in [2.45, 2.75) is 52.6 Å². The zero-order valence-electron chi connectivity index (χ0n) is 14.0. The van der Waals surface area contributed by atoms with Gasteiger partial charge in [-0.25, -0.2) is 0 Å². The van der Waals surface area contributed by atoms with Crippen molar-refractivity contribution in [3.05, 3.63) is 47.0 Å². The van der Waals surface area contributed by atoms with E-state index in [-0.39, 0.29) is 11.9 Å². The topological polar surface area (TPSA) is 59.8 Å². The smallest absolute Gasteiger partial charge is 0.255 e. The molecule has 1 saturated carbocycles. The second-order valence-corrected chi connectivity index (χ2v) is 6.44. The van der Waals surface area contributed by atoms with Gasteiger partial charge in [0.2, 0.25) is 0 Å². The van der Waals surface area contributed by atoms with Gasteiger partial charge in [-0.3, -0.25) is 14.5 Å². The van der Waals surface area contributed by atoms with E-state index in [9.17, 15) is 4.79 Å². The first-order valence-electron chi connectivity index (χ1n) is 8.36. The lowest BCUT2D eigenvalue weighted by Gasteiger charge is -2.18. The fourth-order valence-corrected chi connectivity index (χ4v) is 2.90. The fourth-order valence-electron chi connectivity index (χ4n) is 2.90. The van der Waals surface area contributed by atoms with Gasteiger partial charge in [0.15, 0.2) is 0 Å². The Balaban J connectivity index is 1.79. The third-order valence-electron chi connectivity index (χ3n) is 4.28. The van der Waals surface area contributed by atoms with Crippen LogP contribution < -0.4 is 5.32 Å². The van der Waals surface area contributed by atoms with E-state index in [1.165, 1.54) is 5.56 Å². The normalized spacial score (nSPS) is 15.4. The molecule has 0 radical (unpaired) electrons. The molecule has 122 valence electrons. The Kier molecular flexibility index (Phi) is 4.46. The quantitative estimate of drug-likeness (QED) is 0.891. The summed E-state index contributed by atoms with van der Waals surface area (Å²) in [6.45, 7) is 6.87. The maximum absolute atomic E-state index is 12.7. The molecule has 0 unspecified atom stereocenters. The summed E-state index contributed by atoms with van der Waals surface area (Å²) in [7, 11) is 0. The molecule has 2 heterocycles. The van der Waals surface area contributed by atoms with E-state index < -0.39 is 0 Å². The minimum atomic E-state index is -0.0509. The molecule has 0 bridgehead atoms. The van der Waals surface area contributed by atoms with Crippen molar-refractivity contribution >= 4 is 5.91 Å². The van der Waals surface area contributed by atoms with Crippen molar-refractivity contribution in [2.75, 3.05) is 0 Å². The van der Waals surface area contributed by atoms with Gasteiger partial charge in [0.1, 0.15) is 0 Å². The minimum Gasteiger partial charge on any atom is -0.343 e. The standard InChI is InChI=1S/C18H24N4O/c1-4-9-22-11-15(13(3)21-22)18(23)20-17(14-5-6-14)16-10-12(2)7-8-19-16/h7-8,10-11,14,17H,4-6,9H2,1-3H3,(H,20,23)/t17-/m1/s1. The van der Waals surface area contributed by atoms with Crippen molar-refractivity contribution < 1.29 is 4.79 Å². The molecule has 1 N–H and O–H groups in total. The number of hydrogen-bond donors (Lipinski definition) is 1. The number of rotatable bonds is 6. The number of aromatic nitrogens is 3. The first kappa shape index (κ1) is 15.7. The molecular weight excluding hydrogens is 288 g/mol. The van der Waals surface area contributed by atoms with E-state index in [4.69, 9.17) is 0 Å². The van der Waals surface area contributed by atoms with E-state index >= 15 is 0 Å². The lowest BCUT2D eigenvalue weighted by atomic mass is 10.1. The van der Waals surface area contributed by atoms with Crippen LogP contribution in [-0.2, 0) is 6.54 Å². The van der Waals surface area contributed by atoms with Crippen LogP contribution in [0.4, 0.5) is 0 Å². The van der Waals surface area contributed by atoms with Crippen LogP contribution in [0.2, 0.25) is 0 Å². The van der Waals surface area contributed by atoms with Gasteiger partial charge in [-0.05, 0) is 56.7 Å². The highest BCUT2D eigenvalue weighted by Crippen LogP contribution is 2.40. The van der Waals surface area contributed by atoms with E-state index in [1.54, 1.807) is 0 Å². The number of pyridine rings is 1. The Labute approximate surface area is 137 Å². The van der Waals surface area contributed by atoms with Crippen LogP contribution in [0.5, 0.6) is 0 Å². The van der Waals surface area contributed by atoms with E-state index in [2.05, 4.69) is 35.3 Å². The molecule has 3 rings (SSSR count). The SMILES string of the molecule is CCCn1cc(C(=O)N[C@@H](c2cc(C)ccn2)C2CC2)c(C)n1. The van der Waals surface area contributed by atoms with E-state index in [0.29, 0.717) is 11.5 Å². The molecule has 1 amide bonds. The summed E-state index contributed by atoms with van der Waals surface area (Å²) in [5, 5.41) is 7.60. The largest absolute Gasteiger partial charge is 0.343 e. The first-order chi connectivity index (χ1) is 11.1. The highest BCUT2D eigenvalue weighted by Gasteiger charge is 2.35. The lowest BCUT2D eigenvalue weighted by molar-refractivity contribution is 0.0930. The molecule has 23 heavy (non-hydrogen) atoms. The molecule has 2 aromatic heterocycles. The van der Waals surface area contributed by atoms with Crippen LogP contribution in [0.3, 0.4) is 0 Å². The van der Waals surface area contributed by atoms with E-state index in [1.807, 2.05) is 30.1 Å². The zero-order chi connectivity index (χ0) is 16.4. The van der Waals surface area contributed by atoms with Crippen LogP contribution in [0, 0.1) is 19.8 Å². The third-order valence-corrected chi connectivity index (χ3v) is 4.28. The Morgan fingerprint density at radius 1 is 1.43 bits per heavy atom. The Morgan fingerprint density at radius 2 is 2.22 bits per heavy atom. The number of carbonyl (C=O) groups excluding carboxylic acids is 1. The minimum absolute atomic E-state index is 0.00340. The molecule has 1 aliphatic rings. The van der Waals surface area contributed by atoms with Crippen molar-refractivity contribution in [3.63, 3.8) is 0 Å². The number of nitrogens with one attached hydrogen (secondary N) is 1. The summed E-state index contributed by atoms with van der Waals surface area (Å²) in [4.78, 5) is 17.2. The molecule has 0 saturated heterocycles. The van der Waals surface area contributed by atoms with Crippen molar-refractivity contribution in [1.82, 2.24) is 20.1 Å². The van der Waals surface area contributed by atoms with Crippen LogP contribution >= 0.6 is 0 Å². The summed E-state index contributed by atoms with van der Waals surface area (Å²) in [5.74, 6) is 0.448. The van der Waals surface area contributed by atoms with Crippen LogP contribution in [0.25, 0.3) is 0 Å². The molecule has 0 aromatic carbocycles. The summed E-state index contributed by atoms with van der Waals surface area (Å²) in [6.07, 6.45) is 6.96. The van der Waals surface area contributed by atoms with Gasteiger partial charge in [-0.15, -0.1) is 0 Å². The number of amides is 1. The number of carbonyl (C=O) groups is 1. The highest BCUT2D eigenvalue weighted by atomic mass is 16.1. The fraction of sp³-hybridized carbons (Fsp3) is 0.500. The van der Waals surface area contributed by atoms with Crippen molar-refractivity contribution in [2.24, 2.45) is 5.92 Å². The first-order valence-corrected chi connectivity index (χ1v) is 8.36. The summed E-state index contributed by atoms with van der Waals surface area (Å²) in [5.41, 5.74) is 3.57. The van der Waals surface area contributed by atoms with Crippen LogP contribution in [-0.4, -0.2) is 20.7 Å². The Morgan fingerprint density at radius 3 is 2.87 bits per heavy atom. The zero-order valence-corrected chi connectivity index (χ0v) is 14.0. The lowest BCUT2D eigenvalue weighted by Crippen LogP contribution is -2.30. The maximum atomic E-state index is 12.7.